The van der Waals surface area contributed by atoms with E-state index in [1.165, 1.54) is 13.4 Å². The normalized spacial score (nSPS) is 21.8. The summed E-state index contributed by atoms with van der Waals surface area (Å²) in [5, 5.41) is 4.70. The molecule has 0 radical (unpaired) electrons. The van der Waals surface area contributed by atoms with Crippen molar-refractivity contribution >= 4 is 16.0 Å². The Hall–Kier alpha value is -2.31. The topological polar surface area (TPSA) is 111 Å². The highest BCUT2D eigenvalue weighted by molar-refractivity contribution is 7.88. The quantitative estimate of drug-likeness (QED) is 0.602. The van der Waals surface area contributed by atoms with Crippen LogP contribution >= 0.6 is 0 Å². The SMILES string of the molecule is CCc1cc2n(n1)[C@@H](COC1CCN(c3ncc(F)c(OC)n3)CC1)[C@@H](NS(C)(=O)=O)CC2. The van der Waals surface area contributed by atoms with Gasteiger partial charge in [0.15, 0.2) is 0 Å². The molecule has 0 unspecified atom stereocenters. The van der Waals surface area contributed by atoms with Crippen LogP contribution in [0.1, 0.15) is 43.6 Å². The molecule has 1 fully saturated rings. The van der Waals surface area contributed by atoms with E-state index in [4.69, 9.17) is 14.6 Å². The first-order valence-corrected chi connectivity index (χ1v) is 13.1. The molecule has 33 heavy (non-hydrogen) atoms. The zero-order chi connectivity index (χ0) is 23.6. The molecule has 0 spiro atoms. The van der Waals surface area contributed by atoms with Crippen LogP contribution in [0.4, 0.5) is 10.3 Å². The molecule has 0 aliphatic carbocycles. The standard InChI is InChI=1S/C21H31FN6O4S/c1-4-14-11-15-5-6-18(26-33(3,29)30)19(28(15)25-14)13-32-16-7-9-27(10-8-16)21-23-12-17(22)20(24-21)31-2/h11-12,16,18-19,26H,4-10,13H2,1-3H3/t18-,19-/m0/s1. The number of nitrogens with zero attached hydrogens (tertiary/aromatic N) is 5. The lowest BCUT2D eigenvalue weighted by molar-refractivity contribution is 0.00598. The molecule has 0 saturated carbocycles. The van der Waals surface area contributed by atoms with E-state index in [0.29, 0.717) is 32.1 Å². The van der Waals surface area contributed by atoms with Crippen molar-refractivity contribution in [1.82, 2.24) is 24.5 Å². The van der Waals surface area contributed by atoms with Crippen molar-refractivity contribution in [3.63, 3.8) is 0 Å². The van der Waals surface area contributed by atoms with Crippen LogP contribution in [0.15, 0.2) is 12.3 Å². The summed E-state index contributed by atoms with van der Waals surface area (Å²) < 4.78 is 53.4. The highest BCUT2D eigenvalue weighted by Crippen LogP contribution is 2.28. The second kappa shape index (κ2) is 9.90. The molecular formula is C21H31FN6O4S. The lowest BCUT2D eigenvalue weighted by Gasteiger charge is -2.36. The number of anilines is 1. The summed E-state index contributed by atoms with van der Waals surface area (Å²) in [6.45, 7) is 3.77. The fraction of sp³-hybridized carbons (Fsp3) is 0.667. The van der Waals surface area contributed by atoms with Gasteiger partial charge in [0.1, 0.15) is 0 Å². The van der Waals surface area contributed by atoms with Gasteiger partial charge in [0.05, 0.1) is 44.0 Å². The molecule has 10 nitrogen and oxygen atoms in total. The van der Waals surface area contributed by atoms with Gasteiger partial charge in [-0.25, -0.2) is 18.1 Å². The zero-order valence-electron chi connectivity index (χ0n) is 19.2. The van der Waals surface area contributed by atoms with Crippen LogP contribution in [0, 0.1) is 5.82 Å². The number of hydrogen-bond acceptors (Lipinski definition) is 8. The summed E-state index contributed by atoms with van der Waals surface area (Å²) in [5.41, 5.74) is 2.11. The van der Waals surface area contributed by atoms with Crippen LogP contribution in [0.3, 0.4) is 0 Å². The number of ether oxygens (including phenoxy) is 2. The van der Waals surface area contributed by atoms with Crippen LogP contribution in [0.25, 0.3) is 0 Å². The summed E-state index contributed by atoms with van der Waals surface area (Å²) in [7, 11) is -1.98. The molecule has 2 atom stereocenters. The van der Waals surface area contributed by atoms with Crippen molar-refractivity contribution in [3.8, 4) is 5.88 Å². The summed E-state index contributed by atoms with van der Waals surface area (Å²) in [5.74, 6) is -0.223. The fourth-order valence-corrected chi connectivity index (χ4v) is 5.32. The predicted molar refractivity (Wildman–Crippen MR) is 120 cm³/mol. The molecule has 2 aliphatic heterocycles. The number of methoxy groups -OCH3 is 1. The summed E-state index contributed by atoms with van der Waals surface area (Å²) in [4.78, 5) is 10.2. The van der Waals surface area contributed by atoms with E-state index in [0.717, 1.165) is 43.3 Å². The van der Waals surface area contributed by atoms with Gasteiger partial charge < -0.3 is 14.4 Å². The molecule has 4 rings (SSSR count). The summed E-state index contributed by atoms with van der Waals surface area (Å²) >= 11 is 0. The minimum atomic E-state index is -3.35. The van der Waals surface area contributed by atoms with Gasteiger partial charge in [0, 0.05) is 24.8 Å². The van der Waals surface area contributed by atoms with Gasteiger partial charge in [-0.2, -0.15) is 14.5 Å². The van der Waals surface area contributed by atoms with E-state index in [1.54, 1.807) is 0 Å². The lowest BCUT2D eigenvalue weighted by Crippen LogP contribution is -2.47. The second-order valence-electron chi connectivity index (χ2n) is 8.57. The van der Waals surface area contributed by atoms with Gasteiger partial charge in [-0.05, 0) is 38.2 Å². The first kappa shape index (κ1) is 23.8. The van der Waals surface area contributed by atoms with E-state index < -0.39 is 15.8 Å². The predicted octanol–water partition coefficient (Wildman–Crippen LogP) is 1.47. The average Bonchev–Trinajstić information content (AvgIpc) is 3.22. The highest BCUT2D eigenvalue weighted by atomic mass is 32.2. The number of fused-ring (bicyclic) bond motifs is 1. The van der Waals surface area contributed by atoms with E-state index in [2.05, 4.69) is 27.7 Å². The maximum absolute atomic E-state index is 13.6. The molecular weight excluding hydrogens is 451 g/mol. The van der Waals surface area contributed by atoms with Gasteiger partial charge in [-0.1, -0.05) is 6.92 Å². The van der Waals surface area contributed by atoms with Crippen LogP contribution in [0.5, 0.6) is 5.88 Å². The Morgan fingerprint density at radius 3 is 2.70 bits per heavy atom. The third-order valence-electron chi connectivity index (χ3n) is 6.20. The van der Waals surface area contributed by atoms with Gasteiger partial charge in [-0.15, -0.1) is 0 Å². The summed E-state index contributed by atoms with van der Waals surface area (Å²) in [6, 6.07) is 1.63. The van der Waals surface area contributed by atoms with Crippen molar-refractivity contribution in [3.05, 3.63) is 29.5 Å². The Kier molecular flexibility index (Phi) is 7.15. The molecule has 1 saturated heterocycles. The van der Waals surface area contributed by atoms with E-state index in [-0.39, 0.29) is 24.1 Å². The lowest BCUT2D eigenvalue weighted by atomic mass is 9.98. The smallest absolute Gasteiger partial charge is 0.255 e. The molecule has 0 amide bonds. The average molecular weight is 483 g/mol. The largest absolute Gasteiger partial charge is 0.479 e. The molecule has 0 bridgehead atoms. The monoisotopic (exact) mass is 482 g/mol. The van der Waals surface area contributed by atoms with Crippen molar-refractivity contribution in [1.29, 1.82) is 0 Å². The molecule has 1 N–H and O–H groups in total. The Morgan fingerprint density at radius 2 is 2.03 bits per heavy atom. The molecule has 2 aromatic rings. The minimum Gasteiger partial charge on any atom is -0.479 e. The van der Waals surface area contributed by atoms with Crippen LogP contribution in [0.2, 0.25) is 0 Å². The molecule has 0 aromatic carbocycles. The Bertz CT molecular complexity index is 1070. The Morgan fingerprint density at radius 1 is 1.27 bits per heavy atom. The number of sulfonamides is 1. The Labute approximate surface area is 193 Å². The van der Waals surface area contributed by atoms with Crippen molar-refractivity contribution < 1.29 is 22.3 Å². The van der Waals surface area contributed by atoms with Crippen molar-refractivity contribution in [2.75, 3.05) is 38.0 Å². The number of halogens is 1. The first-order chi connectivity index (χ1) is 15.8. The van der Waals surface area contributed by atoms with E-state index in [1.807, 2.05) is 9.58 Å². The van der Waals surface area contributed by atoms with Crippen molar-refractivity contribution in [2.24, 2.45) is 0 Å². The third kappa shape index (κ3) is 5.61. The number of piperidine rings is 1. The molecule has 2 aliphatic rings. The number of rotatable bonds is 8. The number of nitrogens with one attached hydrogen (secondary N) is 1. The molecule has 182 valence electrons. The molecule has 12 heteroatoms. The van der Waals surface area contributed by atoms with Crippen LogP contribution in [-0.4, -0.2) is 73.4 Å². The van der Waals surface area contributed by atoms with Gasteiger partial charge in [-0.3, -0.25) is 4.68 Å². The van der Waals surface area contributed by atoms with Gasteiger partial charge >= 0.3 is 0 Å². The Balaban J connectivity index is 1.39. The van der Waals surface area contributed by atoms with E-state index >= 15 is 0 Å². The zero-order valence-corrected chi connectivity index (χ0v) is 20.0. The second-order valence-corrected chi connectivity index (χ2v) is 10.4. The summed E-state index contributed by atoms with van der Waals surface area (Å²) in [6.07, 6.45) is 6.14. The number of hydrogen-bond donors (Lipinski definition) is 1. The van der Waals surface area contributed by atoms with Crippen LogP contribution < -0.4 is 14.4 Å². The maximum atomic E-state index is 13.6. The minimum absolute atomic E-state index is 0.0223. The number of aromatic nitrogens is 4. The van der Waals surface area contributed by atoms with Gasteiger partial charge in [0.25, 0.3) is 5.88 Å². The van der Waals surface area contributed by atoms with Gasteiger partial charge in [0.2, 0.25) is 21.8 Å². The third-order valence-corrected chi connectivity index (χ3v) is 6.93. The molecule has 4 heterocycles. The fourth-order valence-electron chi connectivity index (χ4n) is 4.50. The highest BCUT2D eigenvalue weighted by Gasteiger charge is 2.34. The van der Waals surface area contributed by atoms with Crippen molar-refractivity contribution in [2.45, 2.75) is 57.2 Å². The number of aryl methyl sites for hydroxylation is 2. The molecule has 2 aromatic heterocycles. The van der Waals surface area contributed by atoms with E-state index in [9.17, 15) is 12.8 Å². The van der Waals surface area contributed by atoms with Crippen LogP contribution in [-0.2, 0) is 27.6 Å². The first-order valence-electron chi connectivity index (χ1n) is 11.2. The maximum Gasteiger partial charge on any atom is 0.255 e.